The molecule has 0 aliphatic heterocycles. The summed E-state index contributed by atoms with van der Waals surface area (Å²) in [5.74, 6) is -12.2. The number of benzene rings is 1. The van der Waals surface area contributed by atoms with Crippen LogP contribution in [-0.2, 0) is 0 Å². The van der Waals surface area contributed by atoms with Gasteiger partial charge in [0.2, 0.25) is 5.82 Å². The quantitative estimate of drug-likeness (QED) is 0.509. The summed E-state index contributed by atoms with van der Waals surface area (Å²) in [6.45, 7) is 0. The fourth-order valence-corrected chi connectivity index (χ4v) is 1.50. The van der Waals surface area contributed by atoms with Crippen LogP contribution in [0.2, 0.25) is 5.02 Å². The topological polar surface area (TPSA) is 57.8 Å². The molecule has 0 saturated carbocycles. The molecule has 2 rings (SSSR count). The Morgan fingerprint density at radius 1 is 1.05 bits per heavy atom. The summed E-state index contributed by atoms with van der Waals surface area (Å²) in [6.07, 6.45) is 1.02. The van der Waals surface area contributed by atoms with Crippen molar-refractivity contribution in [2.24, 2.45) is 0 Å². The molecule has 0 bridgehead atoms. The zero-order chi connectivity index (χ0) is 15.0. The summed E-state index contributed by atoms with van der Waals surface area (Å²) in [5, 5.41) is 6.82. The SMILES string of the molecule is O=C(Nc1c(F)c(F)c(F)c(F)c1F)c1[nH]ncc1Cl. The number of nitrogens with one attached hydrogen (secondary N) is 2. The van der Waals surface area contributed by atoms with Gasteiger partial charge in [-0.15, -0.1) is 0 Å². The summed E-state index contributed by atoms with van der Waals surface area (Å²) in [6, 6.07) is 0. The average Bonchev–Trinajstić information content (AvgIpc) is 2.85. The van der Waals surface area contributed by atoms with Gasteiger partial charge in [-0.25, -0.2) is 22.0 Å². The fraction of sp³-hybridized carbons (Fsp3) is 0. The van der Waals surface area contributed by atoms with Crippen molar-refractivity contribution in [2.45, 2.75) is 0 Å². The van der Waals surface area contributed by atoms with Gasteiger partial charge in [-0.3, -0.25) is 9.89 Å². The van der Waals surface area contributed by atoms with Crippen LogP contribution in [0.1, 0.15) is 10.5 Å². The van der Waals surface area contributed by atoms with Crippen LogP contribution in [-0.4, -0.2) is 16.1 Å². The lowest BCUT2D eigenvalue weighted by atomic mass is 10.2. The molecular formula is C10H3ClF5N3O. The summed E-state index contributed by atoms with van der Waals surface area (Å²) in [4.78, 5) is 11.6. The molecule has 106 valence electrons. The second kappa shape index (κ2) is 5.08. The van der Waals surface area contributed by atoms with E-state index < -0.39 is 46.4 Å². The van der Waals surface area contributed by atoms with Gasteiger partial charge in [-0.05, 0) is 0 Å². The Morgan fingerprint density at radius 3 is 2.00 bits per heavy atom. The van der Waals surface area contributed by atoms with E-state index >= 15 is 0 Å². The fourth-order valence-electron chi connectivity index (χ4n) is 1.32. The minimum Gasteiger partial charge on any atom is -0.315 e. The van der Waals surface area contributed by atoms with Gasteiger partial charge in [0, 0.05) is 0 Å². The van der Waals surface area contributed by atoms with Gasteiger partial charge in [0.15, 0.2) is 23.3 Å². The molecular weight excluding hydrogens is 309 g/mol. The van der Waals surface area contributed by atoms with Gasteiger partial charge >= 0.3 is 0 Å². The minimum atomic E-state index is -2.32. The molecule has 10 heteroatoms. The summed E-state index contributed by atoms with van der Waals surface area (Å²) >= 11 is 5.52. The number of nitrogens with zero attached hydrogens (tertiary/aromatic N) is 1. The number of amides is 1. The maximum atomic E-state index is 13.3. The molecule has 0 aliphatic rings. The van der Waals surface area contributed by atoms with Crippen molar-refractivity contribution in [3.05, 3.63) is 46.0 Å². The van der Waals surface area contributed by atoms with Crippen LogP contribution < -0.4 is 5.32 Å². The zero-order valence-electron chi connectivity index (χ0n) is 9.20. The van der Waals surface area contributed by atoms with Gasteiger partial charge in [0.1, 0.15) is 11.4 Å². The van der Waals surface area contributed by atoms with Crippen molar-refractivity contribution in [2.75, 3.05) is 5.32 Å². The number of carbonyl (C=O) groups excluding carboxylic acids is 1. The van der Waals surface area contributed by atoms with Crippen LogP contribution in [0.5, 0.6) is 0 Å². The maximum Gasteiger partial charge on any atom is 0.275 e. The van der Waals surface area contributed by atoms with E-state index in [0.717, 1.165) is 6.20 Å². The lowest BCUT2D eigenvalue weighted by molar-refractivity contribution is 0.102. The van der Waals surface area contributed by atoms with E-state index in [1.165, 1.54) is 5.32 Å². The van der Waals surface area contributed by atoms with Crippen molar-refractivity contribution in [3.63, 3.8) is 0 Å². The smallest absolute Gasteiger partial charge is 0.275 e. The first kappa shape index (κ1) is 14.3. The van der Waals surface area contributed by atoms with Gasteiger partial charge in [-0.1, -0.05) is 11.6 Å². The Balaban J connectivity index is 2.45. The first-order valence-corrected chi connectivity index (χ1v) is 5.24. The molecule has 0 saturated heterocycles. The van der Waals surface area contributed by atoms with Gasteiger partial charge < -0.3 is 5.32 Å². The molecule has 0 radical (unpaired) electrons. The number of hydrogen-bond acceptors (Lipinski definition) is 2. The van der Waals surface area contributed by atoms with Gasteiger partial charge in [0.05, 0.1) is 11.2 Å². The largest absolute Gasteiger partial charge is 0.315 e. The molecule has 0 atom stereocenters. The first-order valence-electron chi connectivity index (χ1n) is 4.86. The highest BCUT2D eigenvalue weighted by atomic mass is 35.5. The summed E-state index contributed by atoms with van der Waals surface area (Å²) in [5.41, 5.74) is -1.87. The average molecular weight is 312 g/mol. The van der Waals surface area contributed by atoms with Crippen LogP contribution in [0.15, 0.2) is 6.20 Å². The lowest BCUT2D eigenvalue weighted by Gasteiger charge is -2.09. The Kier molecular flexibility index (Phi) is 3.62. The normalized spacial score (nSPS) is 10.7. The molecule has 4 nitrogen and oxygen atoms in total. The molecule has 1 amide bonds. The molecule has 2 aromatic rings. The highest BCUT2D eigenvalue weighted by Crippen LogP contribution is 2.27. The van der Waals surface area contributed by atoms with Crippen molar-refractivity contribution >= 4 is 23.2 Å². The minimum absolute atomic E-state index is 0.189. The first-order chi connectivity index (χ1) is 9.34. The van der Waals surface area contributed by atoms with Gasteiger partial charge in [-0.2, -0.15) is 5.10 Å². The van der Waals surface area contributed by atoms with Crippen molar-refractivity contribution in [3.8, 4) is 0 Å². The summed E-state index contributed by atoms with van der Waals surface area (Å²) < 4.78 is 65.2. The maximum absolute atomic E-state index is 13.3. The van der Waals surface area contributed by atoms with Crippen LogP contribution in [0, 0.1) is 29.1 Å². The van der Waals surface area contributed by atoms with E-state index in [4.69, 9.17) is 11.6 Å². The van der Waals surface area contributed by atoms with E-state index in [1.807, 2.05) is 0 Å². The van der Waals surface area contributed by atoms with E-state index in [1.54, 1.807) is 0 Å². The Hall–Kier alpha value is -2.16. The molecule has 20 heavy (non-hydrogen) atoms. The highest BCUT2D eigenvalue weighted by Gasteiger charge is 2.27. The van der Waals surface area contributed by atoms with E-state index in [9.17, 15) is 26.7 Å². The van der Waals surface area contributed by atoms with Gasteiger partial charge in [0.25, 0.3) is 5.91 Å². The van der Waals surface area contributed by atoms with Crippen molar-refractivity contribution in [1.82, 2.24) is 10.2 Å². The molecule has 0 unspecified atom stereocenters. The molecule has 1 aromatic heterocycles. The van der Waals surface area contributed by atoms with Crippen LogP contribution in [0.4, 0.5) is 27.6 Å². The van der Waals surface area contributed by atoms with Crippen LogP contribution in [0.25, 0.3) is 0 Å². The predicted molar refractivity (Wildman–Crippen MR) is 57.8 cm³/mol. The van der Waals surface area contributed by atoms with Crippen LogP contribution >= 0.6 is 11.6 Å². The molecule has 1 heterocycles. The highest BCUT2D eigenvalue weighted by molar-refractivity contribution is 6.34. The Labute approximate surface area is 112 Å². The molecule has 0 fully saturated rings. The molecule has 2 N–H and O–H groups in total. The lowest BCUT2D eigenvalue weighted by Crippen LogP contribution is -2.17. The van der Waals surface area contributed by atoms with E-state index in [0.29, 0.717) is 0 Å². The number of H-pyrrole nitrogens is 1. The Morgan fingerprint density at radius 2 is 1.55 bits per heavy atom. The number of anilines is 1. The Bertz CT molecular complexity index is 673. The number of aromatic amines is 1. The second-order valence-corrected chi connectivity index (χ2v) is 3.90. The number of halogens is 6. The monoisotopic (exact) mass is 311 g/mol. The number of carbonyl (C=O) groups is 1. The number of hydrogen-bond donors (Lipinski definition) is 2. The van der Waals surface area contributed by atoms with Crippen LogP contribution in [0.3, 0.4) is 0 Å². The number of aromatic nitrogens is 2. The third-order valence-electron chi connectivity index (χ3n) is 2.27. The third kappa shape index (κ3) is 2.20. The summed E-state index contributed by atoms with van der Waals surface area (Å²) in [7, 11) is 0. The zero-order valence-corrected chi connectivity index (χ0v) is 9.96. The van der Waals surface area contributed by atoms with E-state index in [2.05, 4.69) is 10.2 Å². The van der Waals surface area contributed by atoms with E-state index in [-0.39, 0.29) is 5.02 Å². The predicted octanol–water partition coefficient (Wildman–Crippen LogP) is 3.01. The molecule has 1 aromatic carbocycles. The van der Waals surface area contributed by atoms with Crippen molar-refractivity contribution in [1.29, 1.82) is 0 Å². The number of rotatable bonds is 2. The third-order valence-corrected chi connectivity index (χ3v) is 2.56. The standard InChI is InChI=1S/C10H3ClF5N3O/c11-2-1-17-19-8(2)10(20)18-9-6(15)4(13)3(12)5(14)7(9)16/h1H,(H,17,19)(H,18,20). The van der Waals surface area contributed by atoms with Crippen molar-refractivity contribution < 1.29 is 26.7 Å². The second-order valence-electron chi connectivity index (χ2n) is 3.49. The molecule has 0 spiro atoms. The molecule has 0 aliphatic carbocycles.